The topological polar surface area (TPSA) is 16.8 Å². The van der Waals surface area contributed by atoms with Crippen LogP contribution in [0.1, 0.15) is 67.3 Å². The molecule has 0 aliphatic rings. The predicted octanol–water partition coefficient (Wildman–Crippen LogP) is 7.63. The van der Waals surface area contributed by atoms with Crippen LogP contribution >= 0.6 is 11.3 Å². The van der Waals surface area contributed by atoms with Gasteiger partial charge in [0, 0.05) is 17.2 Å². The van der Waals surface area contributed by atoms with E-state index in [0.717, 1.165) is 10.5 Å². The van der Waals surface area contributed by atoms with Crippen molar-refractivity contribution < 1.29 is 4.57 Å². The fraction of sp³-hybridized carbons (Fsp3) is 0.357. The Morgan fingerprint density at radius 3 is 2.13 bits per heavy atom. The molecule has 0 fully saturated rings. The maximum absolute atomic E-state index is 5.12. The molecule has 0 saturated carbocycles. The summed E-state index contributed by atoms with van der Waals surface area (Å²) in [6.45, 7) is 15.7. The fourth-order valence-corrected chi connectivity index (χ4v) is 5.65. The molecule has 0 N–H and O–H groups in total. The summed E-state index contributed by atoms with van der Waals surface area (Å²) in [7, 11) is 2.18. The highest BCUT2D eigenvalue weighted by molar-refractivity contribution is 7.20. The van der Waals surface area contributed by atoms with E-state index in [1.165, 1.54) is 49.5 Å². The van der Waals surface area contributed by atoms with Crippen molar-refractivity contribution in [2.45, 2.75) is 60.3 Å². The molecule has 4 aromatic rings. The molecule has 0 spiro atoms. The Hall–Kier alpha value is -2.52. The standard InChI is InChI=1S/C28H33N2S/c1-16(2)21-10-9-11-22(17(3)4)26(21)27-29-24-12-13-25(30(8)28(24)31-27)23-15-18(5)14-19(6)20(23)7/h9-17H,1-8H3/q+1. The zero-order chi connectivity index (χ0) is 22.4. The number of fused-ring (bicyclic) bond motifs is 1. The third kappa shape index (κ3) is 3.80. The average molecular weight is 430 g/mol. The lowest BCUT2D eigenvalue weighted by atomic mass is 9.89. The van der Waals surface area contributed by atoms with Crippen LogP contribution in [0, 0.1) is 20.8 Å². The molecule has 2 nitrogen and oxygen atoms in total. The minimum atomic E-state index is 0.461. The number of hydrogen-bond donors (Lipinski definition) is 0. The van der Waals surface area contributed by atoms with Gasteiger partial charge in [-0.15, -0.1) is 0 Å². The van der Waals surface area contributed by atoms with Gasteiger partial charge in [-0.05, 0) is 78.3 Å². The zero-order valence-electron chi connectivity index (χ0n) is 20.0. The van der Waals surface area contributed by atoms with Crippen LogP contribution in [0.25, 0.3) is 32.2 Å². The molecular weight excluding hydrogens is 396 g/mol. The number of rotatable bonds is 4. The van der Waals surface area contributed by atoms with E-state index in [1.807, 2.05) is 11.3 Å². The Balaban J connectivity index is 1.96. The van der Waals surface area contributed by atoms with Gasteiger partial charge in [-0.2, -0.15) is 4.57 Å². The van der Waals surface area contributed by atoms with E-state index in [1.54, 1.807) is 0 Å². The summed E-state index contributed by atoms with van der Waals surface area (Å²) < 4.78 is 2.32. The molecule has 0 aliphatic heterocycles. The number of nitrogens with zero attached hydrogens (tertiary/aromatic N) is 2. The Bertz CT molecular complexity index is 1250. The summed E-state index contributed by atoms with van der Waals surface area (Å²) in [5.41, 5.74) is 11.7. The van der Waals surface area contributed by atoms with Gasteiger partial charge in [-0.1, -0.05) is 57.5 Å². The third-order valence-electron chi connectivity index (χ3n) is 6.37. The second kappa shape index (κ2) is 8.20. The van der Waals surface area contributed by atoms with Gasteiger partial charge in [0.1, 0.15) is 17.6 Å². The van der Waals surface area contributed by atoms with Gasteiger partial charge in [-0.3, -0.25) is 0 Å². The second-order valence-corrected chi connectivity index (χ2v) is 10.3. The molecule has 4 rings (SSSR count). The normalized spacial score (nSPS) is 11.8. The quantitative estimate of drug-likeness (QED) is 0.305. The summed E-state index contributed by atoms with van der Waals surface area (Å²) >= 11 is 1.82. The summed E-state index contributed by atoms with van der Waals surface area (Å²) in [6.07, 6.45) is 0. The number of thiazole rings is 1. The Morgan fingerprint density at radius 2 is 1.52 bits per heavy atom. The lowest BCUT2D eigenvalue weighted by molar-refractivity contribution is -0.631. The van der Waals surface area contributed by atoms with Crippen molar-refractivity contribution in [1.82, 2.24) is 4.98 Å². The van der Waals surface area contributed by atoms with Crippen molar-refractivity contribution in [2.75, 3.05) is 0 Å². The molecule has 0 amide bonds. The van der Waals surface area contributed by atoms with Gasteiger partial charge in [-0.25, -0.2) is 4.98 Å². The van der Waals surface area contributed by atoms with E-state index in [4.69, 9.17) is 4.98 Å². The van der Waals surface area contributed by atoms with Crippen LogP contribution in [-0.4, -0.2) is 4.98 Å². The highest BCUT2D eigenvalue weighted by Crippen LogP contribution is 2.39. The first-order chi connectivity index (χ1) is 14.7. The van der Waals surface area contributed by atoms with Crippen molar-refractivity contribution in [1.29, 1.82) is 0 Å². The maximum Gasteiger partial charge on any atom is 0.289 e. The van der Waals surface area contributed by atoms with E-state index in [2.05, 4.69) is 103 Å². The molecule has 0 radical (unpaired) electrons. The van der Waals surface area contributed by atoms with E-state index in [-0.39, 0.29) is 0 Å². The van der Waals surface area contributed by atoms with Crippen molar-refractivity contribution in [2.24, 2.45) is 7.05 Å². The molecular formula is C28H33N2S+. The first-order valence-electron chi connectivity index (χ1n) is 11.2. The number of hydrogen-bond acceptors (Lipinski definition) is 2. The van der Waals surface area contributed by atoms with Gasteiger partial charge in [0.25, 0.3) is 4.83 Å². The van der Waals surface area contributed by atoms with Gasteiger partial charge in [0.05, 0.1) is 0 Å². The summed E-state index contributed by atoms with van der Waals surface area (Å²) in [6, 6.07) is 15.7. The van der Waals surface area contributed by atoms with E-state index in [9.17, 15) is 0 Å². The van der Waals surface area contributed by atoms with Gasteiger partial charge >= 0.3 is 0 Å². The van der Waals surface area contributed by atoms with Crippen LogP contribution in [0.2, 0.25) is 0 Å². The van der Waals surface area contributed by atoms with Crippen LogP contribution in [-0.2, 0) is 7.05 Å². The highest BCUT2D eigenvalue weighted by atomic mass is 32.1. The SMILES string of the molecule is Cc1cc(C)c(C)c(-c2ccc3nc(-c4c(C(C)C)cccc4C(C)C)sc3[n+]2C)c1. The molecule has 31 heavy (non-hydrogen) atoms. The van der Waals surface area contributed by atoms with Gasteiger partial charge in [0.2, 0.25) is 5.69 Å². The molecule has 0 atom stereocenters. The van der Waals surface area contributed by atoms with Crippen molar-refractivity contribution in [3.63, 3.8) is 0 Å². The Morgan fingerprint density at radius 1 is 0.871 bits per heavy atom. The Kier molecular flexibility index (Phi) is 5.74. The van der Waals surface area contributed by atoms with Crippen molar-refractivity contribution in [3.05, 3.63) is 70.3 Å². The molecule has 160 valence electrons. The van der Waals surface area contributed by atoms with Gasteiger partial charge < -0.3 is 0 Å². The first-order valence-corrected chi connectivity index (χ1v) is 12.0. The fourth-order valence-electron chi connectivity index (χ4n) is 4.53. The highest BCUT2D eigenvalue weighted by Gasteiger charge is 2.24. The minimum absolute atomic E-state index is 0.461. The molecule has 0 saturated heterocycles. The number of benzene rings is 2. The maximum atomic E-state index is 5.12. The molecule has 2 heterocycles. The lowest BCUT2D eigenvalue weighted by Gasteiger charge is -2.17. The summed E-state index contributed by atoms with van der Waals surface area (Å²) in [5.74, 6) is 0.922. The summed E-state index contributed by atoms with van der Waals surface area (Å²) in [4.78, 5) is 6.34. The van der Waals surface area contributed by atoms with Crippen molar-refractivity contribution in [3.8, 4) is 21.8 Å². The molecule has 0 aliphatic carbocycles. The number of aryl methyl sites for hydroxylation is 3. The third-order valence-corrected chi connectivity index (χ3v) is 7.54. The molecule has 0 bridgehead atoms. The van der Waals surface area contributed by atoms with Crippen LogP contribution < -0.4 is 4.57 Å². The molecule has 2 aromatic heterocycles. The number of aromatic nitrogens is 2. The van der Waals surface area contributed by atoms with Crippen LogP contribution in [0.15, 0.2) is 42.5 Å². The predicted molar refractivity (Wildman–Crippen MR) is 134 cm³/mol. The minimum Gasteiger partial charge on any atom is -0.229 e. The molecule has 3 heteroatoms. The van der Waals surface area contributed by atoms with Crippen LogP contribution in [0.3, 0.4) is 0 Å². The molecule has 0 unspecified atom stereocenters. The van der Waals surface area contributed by atoms with E-state index < -0.39 is 0 Å². The Labute approximate surface area is 190 Å². The van der Waals surface area contributed by atoms with E-state index >= 15 is 0 Å². The van der Waals surface area contributed by atoms with Crippen molar-refractivity contribution >= 4 is 21.7 Å². The first kappa shape index (κ1) is 21.7. The average Bonchev–Trinajstić information content (AvgIpc) is 3.15. The van der Waals surface area contributed by atoms with Gasteiger partial charge in [0.15, 0.2) is 0 Å². The smallest absolute Gasteiger partial charge is 0.229 e. The van der Waals surface area contributed by atoms with Crippen LogP contribution in [0.4, 0.5) is 0 Å². The monoisotopic (exact) mass is 429 g/mol. The zero-order valence-corrected chi connectivity index (χ0v) is 20.8. The van der Waals surface area contributed by atoms with E-state index in [0.29, 0.717) is 11.8 Å². The molecule has 2 aromatic carbocycles. The summed E-state index contributed by atoms with van der Waals surface area (Å²) in [5, 5.41) is 1.13. The largest absolute Gasteiger partial charge is 0.289 e. The number of pyridine rings is 1. The second-order valence-electron chi connectivity index (χ2n) is 9.36. The van der Waals surface area contributed by atoms with Crippen LogP contribution in [0.5, 0.6) is 0 Å². The lowest BCUT2D eigenvalue weighted by Crippen LogP contribution is -2.31.